The second kappa shape index (κ2) is 10.7. The molecule has 1 aliphatic rings. The molecule has 1 fully saturated rings. The van der Waals surface area contributed by atoms with Crippen LogP contribution in [0.2, 0.25) is 0 Å². The quantitative estimate of drug-likeness (QED) is 0.514. The molecule has 0 heterocycles. The van der Waals surface area contributed by atoms with E-state index < -0.39 is 17.9 Å². The topological polar surface area (TPSA) is 75.7 Å². The third kappa shape index (κ3) is 6.46. The molecule has 24 heavy (non-hydrogen) atoms. The summed E-state index contributed by atoms with van der Waals surface area (Å²) >= 11 is 0. The van der Waals surface area contributed by atoms with Crippen LogP contribution in [0.4, 0.5) is 8.78 Å². The fourth-order valence-electron chi connectivity index (χ4n) is 3.32. The van der Waals surface area contributed by atoms with Crippen molar-refractivity contribution in [2.45, 2.75) is 89.5 Å². The first-order chi connectivity index (χ1) is 11.4. The van der Waals surface area contributed by atoms with Crippen LogP contribution in [0.3, 0.4) is 0 Å². The van der Waals surface area contributed by atoms with Crippen LogP contribution in [-0.4, -0.2) is 35.3 Å². The Morgan fingerprint density at radius 2 is 2.04 bits per heavy atom. The Morgan fingerprint density at radius 3 is 2.67 bits per heavy atom. The van der Waals surface area contributed by atoms with Crippen molar-refractivity contribution in [3.05, 3.63) is 0 Å². The summed E-state index contributed by atoms with van der Waals surface area (Å²) in [6.07, 6.45) is 7.73. The summed E-state index contributed by atoms with van der Waals surface area (Å²) in [6.45, 7) is 2.59. The third-order valence-corrected chi connectivity index (χ3v) is 4.96. The van der Waals surface area contributed by atoms with Crippen LogP contribution in [0.25, 0.3) is 0 Å². The number of hydrogen-bond acceptors (Lipinski definition) is 3. The molecule has 0 saturated heterocycles. The van der Waals surface area contributed by atoms with Gasteiger partial charge in [-0.25, -0.2) is 13.6 Å². The van der Waals surface area contributed by atoms with E-state index in [-0.39, 0.29) is 12.8 Å². The molecule has 0 aromatic rings. The molecule has 0 spiro atoms. The van der Waals surface area contributed by atoms with Gasteiger partial charge in [0.25, 0.3) is 6.43 Å². The van der Waals surface area contributed by atoms with Gasteiger partial charge in [0.1, 0.15) is 0 Å². The molecule has 0 radical (unpaired) electrons. The van der Waals surface area contributed by atoms with Gasteiger partial charge in [-0.15, -0.1) is 0 Å². The van der Waals surface area contributed by atoms with Crippen LogP contribution >= 0.6 is 0 Å². The van der Waals surface area contributed by atoms with Gasteiger partial charge in [-0.2, -0.15) is 0 Å². The Hall–Kier alpha value is -1.04. The van der Waals surface area contributed by atoms with E-state index in [4.69, 9.17) is 10.8 Å². The van der Waals surface area contributed by atoms with Gasteiger partial charge in [-0.3, -0.25) is 4.99 Å². The summed E-state index contributed by atoms with van der Waals surface area (Å²) in [5, 5.41) is 8.87. The SMILES string of the molecule is CCCCCCCC1CCCC1=NCCCC(N)(C(=O)O)C(F)F. The minimum absolute atomic E-state index is 0.252. The fraction of sp³-hybridized carbons (Fsp3) is 0.889. The standard InChI is InChI=1S/C18H32F2N2O2/c1-2-3-4-5-6-9-14-10-7-11-15(14)22-13-8-12-18(21,16(19)20)17(23)24/h14,16H,2-13,21H2,1H3,(H,23,24). The average Bonchev–Trinajstić information content (AvgIpc) is 2.98. The van der Waals surface area contributed by atoms with Crippen molar-refractivity contribution in [1.29, 1.82) is 0 Å². The molecule has 0 bridgehead atoms. The molecule has 2 atom stereocenters. The van der Waals surface area contributed by atoms with Gasteiger partial charge in [0.15, 0.2) is 5.54 Å². The van der Waals surface area contributed by atoms with E-state index >= 15 is 0 Å². The number of nitrogens with zero attached hydrogens (tertiary/aromatic N) is 1. The fourth-order valence-corrected chi connectivity index (χ4v) is 3.32. The number of carboxylic acid groups (broad SMARTS) is 1. The number of aliphatic imine (C=N–C) groups is 1. The molecular formula is C18H32F2N2O2. The number of aliphatic carboxylic acids is 1. The summed E-state index contributed by atoms with van der Waals surface area (Å²) in [6, 6.07) is 0. The van der Waals surface area contributed by atoms with E-state index in [1.54, 1.807) is 0 Å². The van der Waals surface area contributed by atoms with E-state index in [0.717, 1.165) is 19.3 Å². The number of carbonyl (C=O) groups is 1. The summed E-state index contributed by atoms with van der Waals surface area (Å²) in [7, 11) is 0. The van der Waals surface area contributed by atoms with Gasteiger partial charge in [-0.05, 0) is 44.4 Å². The molecule has 1 saturated carbocycles. The summed E-state index contributed by atoms with van der Waals surface area (Å²) in [5.74, 6) is -1.11. The first-order valence-electron chi connectivity index (χ1n) is 9.25. The molecule has 0 aromatic heterocycles. The minimum Gasteiger partial charge on any atom is -0.480 e. The number of rotatable bonds is 12. The van der Waals surface area contributed by atoms with Crippen LogP contribution in [0.1, 0.15) is 77.6 Å². The molecule has 3 N–H and O–H groups in total. The molecule has 6 heteroatoms. The highest BCUT2D eigenvalue weighted by molar-refractivity contribution is 5.88. The molecule has 4 nitrogen and oxygen atoms in total. The van der Waals surface area contributed by atoms with Crippen molar-refractivity contribution in [3.63, 3.8) is 0 Å². The lowest BCUT2D eigenvalue weighted by Gasteiger charge is -2.23. The second-order valence-electron chi connectivity index (χ2n) is 6.91. The zero-order valence-corrected chi connectivity index (χ0v) is 14.8. The van der Waals surface area contributed by atoms with Gasteiger partial charge in [0.2, 0.25) is 0 Å². The Balaban J connectivity index is 2.36. The molecule has 0 amide bonds. The summed E-state index contributed by atoms with van der Waals surface area (Å²) in [5.41, 5.74) is 4.06. The van der Waals surface area contributed by atoms with E-state index in [2.05, 4.69) is 11.9 Å². The van der Waals surface area contributed by atoms with Gasteiger partial charge in [-0.1, -0.05) is 39.0 Å². The number of unbranched alkanes of at least 4 members (excludes halogenated alkanes) is 4. The van der Waals surface area contributed by atoms with Gasteiger partial charge in [0.05, 0.1) is 0 Å². The number of hydrogen-bond donors (Lipinski definition) is 2. The van der Waals surface area contributed by atoms with Crippen LogP contribution < -0.4 is 5.73 Å². The Labute approximate surface area is 143 Å². The highest BCUT2D eigenvalue weighted by Gasteiger charge is 2.43. The van der Waals surface area contributed by atoms with E-state index in [1.165, 1.54) is 44.2 Å². The van der Waals surface area contributed by atoms with E-state index in [1.807, 2.05) is 0 Å². The van der Waals surface area contributed by atoms with Crippen molar-refractivity contribution in [1.82, 2.24) is 0 Å². The van der Waals surface area contributed by atoms with Crippen molar-refractivity contribution in [2.75, 3.05) is 6.54 Å². The van der Waals surface area contributed by atoms with Crippen molar-refractivity contribution in [2.24, 2.45) is 16.6 Å². The lowest BCUT2D eigenvalue weighted by molar-refractivity contribution is -0.150. The predicted octanol–water partition coefficient (Wildman–Crippen LogP) is 4.42. The van der Waals surface area contributed by atoms with Crippen molar-refractivity contribution in [3.8, 4) is 0 Å². The predicted molar refractivity (Wildman–Crippen MR) is 92.8 cm³/mol. The zero-order chi connectivity index (χ0) is 18.0. The molecular weight excluding hydrogens is 314 g/mol. The Kier molecular flexibility index (Phi) is 9.41. The largest absolute Gasteiger partial charge is 0.480 e. The monoisotopic (exact) mass is 346 g/mol. The van der Waals surface area contributed by atoms with Crippen molar-refractivity contribution < 1.29 is 18.7 Å². The Morgan fingerprint density at radius 1 is 1.33 bits per heavy atom. The first kappa shape index (κ1) is 21.0. The number of nitrogens with two attached hydrogens (primary N) is 1. The van der Waals surface area contributed by atoms with Crippen LogP contribution in [-0.2, 0) is 4.79 Å². The van der Waals surface area contributed by atoms with Crippen LogP contribution in [0.5, 0.6) is 0 Å². The van der Waals surface area contributed by atoms with Crippen LogP contribution in [0, 0.1) is 5.92 Å². The molecule has 1 aliphatic carbocycles. The maximum absolute atomic E-state index is 12.8. The highest BCUT2D eigenvalue weighted by Crippen LogP contribution is 2.28. The number of alkyl halides is 2. The highest BCUT2D eigenvalue weighted by atomic mass is 19.3. The van der Waals surface area contributed by atoms with Crippen molar-refractivity contribution >= 4 is 11.7 Å². The summed E-state index contributed by atoms with van der Waals surface area (Å²) in [4.78, 5) is 15.5. The van der Waals surface area contributed by atoms with Gasteiger partial charge < -0.3 is 10.8 Å². The van der Waals surface area contributed by atoms with E-state index in [0.29, 0.717) is 12.5 Å². The average molecular weight is 346 g/mol. The molecule has 0 aliphatic heterocycles. The first-order valence-corrected chi connectivity index (χ1v) is 9.25. The molecule has 1 rings (SSSR count). The van der Waals surface area contributed by atoms with Gasteiger partial charge in [0, 0.05) is 12.3 Å². The smallest absolute Gasteiger partial charge is 0.329 e. The molecule has 2 unspecified atom stereocenters. The normalized spacial score (nSPS) is 22.2. The van der Waals surface area contributed by atoms with Crippen LogP contribution in [0.15, 0.2) is 4.99 Å². The number of carboxylic acids is 1. The Bertz CT molecular complexity index is 416. The maximum Gasteiger partial charge on any atom is 0.329 e. The van der Waals surface area contributed by atoms with E-state index in [9.17, 15) is 13.6 Å². The lowest BCUT2D eigenvalue weighted by Crippen LogP contribution is -2.54. The maximum atomic E-state index is 12.8. The molecule has 0 aromatic carbocycles. The third-order valence-electron chi connectivity index (χ3n) is 4.96. The molecule has 140 valence electrons. The number of halogens is 2. The minimum atomic E-state index is -3.06. The zero-order valence-electron chi connectivity index (χ0n) is 14.8. The lowest BCUT2D eigenvalue weighted by atomic mass is 9.95. The summed E-state index contributed by atoms with van der Waals surface area (Å²) < 4.78 is 25.6. The van der Waals surface area contributed by atoms with Gasteiger partial charge >= 0.3 is 5.97 Å². The second-order valence-corrected chi connectivity index (χ2v) is 6.91.